The van der Waals surface area contributed by atoms with Gasteiger partial charge < -0.3 is 5.32 Å². The van der Waals surface area contributed by atoms with Crippen LogP contribution in [0.5, 0.6) is 0 Å². The highest BCUT2D eigenvalue weighted by atomic mass is 32.2. The smallest absolute Gasteiger partial charge is 0.177 e. The van der Waals surface area contributed by atoms with Crippen molar-refractivity contribution >= 4 is 19.7 Å². The Morgan fingerprint density at radius 2 is 1.80 bits per heavy atom. The number of nitrogens with one attached hydrogen (secondary N) is 1. The third-order valence-electron chi connectivity index (χ3n) is 3.52. The molecule has 0 amide bonds. The van der Waals surface area contributed by atoms with Crippen LogP contribution in [0.4, 0.5) is 0 Å². The van der Waals surface area contributed by atoms with Gasteiger partial charge in [-0.05, 0) is 36.9 Å². The number of benzene rings is 1. The van der Waals surface area contributed by atoms with Crippen LogP contribution >= 0.6 is 0 Å². The molecule has 0 saturated carbocycles. The molecule has 0 radical (unpaired) electrons. The van der Waals surface area contributed by atoms with Crippen molar-refractivity contribution in [2.45, 2.75) is 28.6 Å². The van der Waals surface area contributed by atoms with E-state index in [1.165, 1.54) is 6.07 Å². The molecule has 1 atom stereocenters. The lowest BCUT2D eigenvalue weighted by Gasteiger charge is -2.25. The van der Waals surface area contributed by atoms with E-state index in [9.17, 15) is 16.8 Å². The van der Waals surface area contributed by atoms with Gasteiger partial charge in [-0.25, -0.2) is 16.8 Å². The first-order valence-electron chi connectivity index (χ1n) is 6.45. The minimum absolute atomic E-state index is 0.0313. The van der Waals surface area contributed by atoms with Gasteiger partial charge in [0.25, 0.3) is 0 Å². The van der Waals surface area contributed by atoms with E-state index in [0.29, 0.717) is 12.1 Å². The Morgan fingerprint density at radius 3 is 2.30 bits per heavy atom. The Bertz CT molecular complexity index is 702. The molecule has 1 N–H and O–H groups in total. The molecule has 1 aliphatic rings. The fourth-order valence-corrected chi connectivity index (χ4v) is 5.45. The first kappa shape index (κ1) is 15.5. The minimum atomic E-state index is -3.60. The summed E-state index contributed by atoms with van der Waals surface area (Å²) in [5.74, 6) is 0.0372. The van der Waals surface area contributed by atoms with E-state index >= 15 is 0 Å². The maximum absolute atomic E-state index is 12.1. The van der Waals surface area contributed by atoms with Gasteiger partial charge in [-0.15, -0.1) is 0 Å². The van der Waals surface area contributed by atoms with Crippen LogP contribution in [-0.2, 0) is 19.7 Å². The standard InChI is InChI=1S/C13H19NO4S2/c1-19(15,16)12-7-3-6-11(13(12)20(2,17)18)10-5-4-8-14-9-10/h3,6-7,10,14H,4-5,8-9H2,1-2H3. The number of hydrogen-bond acceptors (Lipinski definition) is 5. The van der Waals surface area contributed by atoms with Crippen molar-refractivity contribution in [2.75, 3.05) is 25.6 Å². The van der Waals surface area contributed by atoms with Crippen molar-refractivity contribution in [2.24, 2.45) is 0 Å². The van der Waals surface area contributed by atoms with Crippen LogP contribution in [0.15, 0.2) is 28.0 Å². The molecule has 0 spiro atoms. The first-order valence-corrected chi connectivity index (χ1v) is 10.2. The molecule has 5 nitrogen and oxygen atoms in total. The van der Waals surface area contributed by atoms with E-state index in [-0.39, 0.29) is 15.7 Å². The molecule has 1 heterocycles. The molecule has 1 aliphatic heterocycles. The summed E-state index contributed by atoms with van der Waals surface area (Å²) in [4.78, 5) is -0.126. The molecule has 0 bridgehead atoms. The van der Waals surface area contributed by atoms with E-state index < -0.39 is 19.7 Å². The molecule has 0 aromatic heterocycles. The Morgan fingerprint density at radius 1 is 1.10 bits per heavy atom. The molecule has 1 aromatic rings. The molecule has 1 fully saturated rings. The van der Waals surface area contributed by atoms with E-state index in [1.54, 1.807) is 12.1 Å². The van der Waals surface area contributed by atoms with Gasteiger partial charge in [-0.3, -0.25) is 0 Å². The van der Waals surface area contributed by atoms with E-state index in [1.807, 2.05) is 0 Å². The normalized spacial score (nSPS) is 20.8. The lowest BCUT2D eigenvalue weighted by Crippen LogP contribution is -2.29. The summed E-state index contributed by atoms with van der Waals surface area (Å²) in [6, 6.07) is 4.71. The lowest BCUT2D eigenvalue weighted by molar-refractivity contribution is 0.455. The highest BCUT2D eigenvalue weighted by Crippen LogP contribution is 2.33. The highest BCUT2D eigenvalue weighted by molar-refractivity contribution is 7.93. The van der Waals surface area contributed by atoms with Gasteiger partial charge >= 0.3 is 0 Å². The molecule has 112 valence electrons. The van der Waals surface area contributed by atoms with Crippen LogP contribution < -0.4 is 5.32 Å². The zero-order chi connectivity index (χ0) is 15.0. The van der Waals surface area contributed by atoms with E-state index in [0.717, 1.165) is 31.9 Å². The summed E-state index contributed by atoms with van der Waals surface area (Å²) in [6.45, 7) is 1.59. The summed E-state index contributed by atoms with van der Waals surface area (Å²) in [6.07, 6.45) is 3.93. The zero-order valence-electron chi connectivity index (χ0n) is 11.6. The molecular formula is C13H19NO4S2. The Balaban J connectivity index is 2.69. The average Bonchev–Trinajstić information content (AvgIpc) is 2.37. The van der Waals surface area contributed by atoms with Crippen LogP contribution in [0, 0.1) is 0 Å². The second-order valence-corrected chi connectivity index (χ2v) is 9.20. The van der Waals surface area contributed by atoms with Crippen molar-refractivity contribution in [3.05, 3.63) is 23.8 Å². The summed E-state index contributed by atoms with van der Waals surface area (Å²) in [7, 11) is -7.18. The second kappa shape index (κ2) is 5.46. The van der Waals surface area contributed by atoms with Crippen molar-refractivity contribution < 1.29 is 16.8 Å². The van der Waals surface area contributed by atoms with Gasteiger partial charge in [0.15, 0.2) is 19.7 Å². The number of piperidine rings is 1. The van der Waals surface area contributed by atoms with Crippen molar-refractivity contribution in [3.8, 4) is 0 Å². The minimum Gasteiger partial charge on any atom is -0.316 e. The van der Waals surface area contributed by atoms with E-state index in [4.69, 9.17) is 0 Å². The van der Waals surface area contributed by atoms with Crippen molar-refractivity contribution in [1.82, 2.24) is 5.32 Å². The molecule has 2 rings (SSSR count). The van der Waals surface area contributed by atoms with E-state index in [2.05, 4.69) is 5.32 Å². The fraction of sp³-hybridized carbons (Fsp3) is 0.538. The number of rotatable bonds is 3. The molecule has 0 aliphatic carbocycles. The Labute approximate surface area is 120 Å². The van der Waals surface area contributed by atoms with Gasteiger partial charge in [0.2, 0.25) is 0 Å². The second-order valence-electron chi connectivity index (χ2n) is 5.26. The van der Waals surface area contributed by atoms with Crippen LogP contribution in [0.25, 0.3) is 0 Å². The number of hydrogen-bond donors (Lipinski definition) is 1. The molecule has 1 aromatic carbocycles. The van der Waals surface area contributed by atoms with Crippen molar-refractivity contribution in [1.29, 1.82) is 0 Å². The van der Waals surface area contributed by atoms with Gasteiger partial charge in [-0.1, -0.05) is 12.1 Å². The zero-order valence-corrected chi connectivity index (χ0v) is 13.2. The predicted molar refractivity (Wildman–Crippen MR) is 77.5 cm³/mol. The van der Waals surface area contributed by atoms with Gasteiger partial charge in [-0.2, -0.15) is 0 Å². The maximum atomic E-state index is 12.1. The third kappa shape index (κ3) is 3.21. The summed E-state index contributed by atoms with van der Waals surface area (Å²) < 4.78 is 47.9. The van der Waals surface area contributed by atoms with Gasteiger partial charge in [0.1, 0.15) is 0 Å². The molecular weight excluding hydrogens is 298 g/mol. The summed E-state index contributed by atoms with van der Waals surface area (Å²) in [5, 5.41) is 3.23. The topological polar surface area (TPSA) is 80.3 Å². The SMILES string of the molecule is CS(=O)(=O)c1cccc(C2CCCNC2)c1S(C)(=O)=O. The van der Waals surface area contributed by atoms with Crippen LogP contribution in [0.3, 0.4) is 0 Å². The lowest BCUT2D eigenvalue weighted by atomic mass is 9.92. The largest absolute Gasteiger partial charge is 0.316 e. The van der Waals surface area contributed by atoms with Gasteiger partial charge in [0.05, 0.1) is 9.79 Å². The quantitative estimate of drug-likeness (QED) is 0.898. The first-order chi connectivity index (χ1) is 9.21. The number of sulfone groups is 2. The van der Waals surface area contributed by atoms with Crippen LogP contribution in [0.1, 0.15) is 24.3 Å². The highest BCUT2D eigenvalue weighted by Gasteiger charge is 2.28. The van der Waals surface area contributed by atoms with Crippen molar-refractivity contribution in [3.63, 3.8) is 0 Å². The maximum Gasteiger partial charge on any atom is 0.177 e. The van der Waals surface area contributed by atoms with Crippen LogP contribution in [-0.4, -0.2) is 42.4 Å². The summed E-state index contributed by atoms with van der Waals surface area (Å²) >= 11 is 0. The third-order valence-corrected chi connectivity index (χ3v) is 5.98. The Hall–Kier alpha value is -0.920. The monoisotopic (exact) mass is 317 g/mol. The Kier molecular flexibility index (Phi) is 4.22. The summed E-state index contributed by atoms with van der Waals surface area (Å²) in [5.41, 5.74) is 0.614. The molecule has 1 unspecified atom stereocenters. The van der Waals surface area contributed by atoms with Crippen LogP contribution in [0.2, 0.25) is 0 Å². The molecule has 1 saturated heterocycles. The van der Waals surface area contributed by atoms with Gasteiger partial charge in [0, 0.05) is 19.1 Å². The predicted octanol–water partition coefficient (Wildman–Crippen LogP) is 0.961. The molecule has 20 heavy (non-hydrogen) atoms. The molecule has 7 heteroatoms. The fourth-order valence-electron chi connectivity index (χ4n) is 2.66. The average molecular weight is 317 g/mol.